The Balaban J connectivity index is 2.40. The van der Waals surface area contributed by atoms with Gasteiger partial charge in [0.2, 0.25) is 0 Å². The van der Waals surface area contributed by atoms with E-state index in [0.29, 0.717) is 6.42 Å². The van der Waals surface area contributed by atoms with Gasteiger partial charge in [-0.2, -0.15) is 0 Å². The van der Waals surface area contributed by atoms with Crippen LogP contribution < -0.4 is 5.73 Å². The summed E-state index contributed by atoms with van der Waals surface area (Å²) in [4.78, 5) is 66.1. The standard InChI is InChI=1S/C12H23N3O8P2/c13-7-10(16)6-11(2-1-5-22-23-11)24(18)12(17,25(19,20)21)8-15-4-3-14-9-15/h3-4,9,17-21,25H,1-2,5-8,13H2/t11-,12?,24+/m0/s1. The Morgan fingerprint density at radius 2 is 2.20 bits per heavy atom. The molecule has 0 bridgehead atoms. The first-order chi connectivity index (χ1) is 11.6. The van der Waals surface area contributed by atoms with Crippen LogP contribution in [0, 0.1) is 0 Å². The van der Waals surface area contributed by atoms with Crippen LogP contribution in [0.25, 0.3) is 0 Å². The van der Waals surface area contributed by atoms with E-state index in [9.17, 15) is 29.5 Å². The van der Waals surface area contributed by atoms with Crippen molar-refractivity contribution >= 4 is 21.9 Å². The Bertz CT molecular complexity index is 575. The molecule has 1 saturated heterocycles. The van der Waals surface area contributed by atoms with Crippen molar-refractivity contribution in [2.75, 3.05) is 13.2 Å². The summed E-state index contributed by atoms with van der Waals surface area (Å²) in [5.41, 5.74) is 5.32. The Labute approximate surface area is 145 Å². The first-order valence-corrected chi connectivity index (χ1v) is 10.6. The fourth-order valence-corrected chi connectivity index (χ4v) is 6.53. The number of nitrogens with two attached hydrogens (primary N) is 1. The summed E-state index contributed by atoms with van der Waals surface area (Å²) in [6.07, 6.45) is 4.16. The fourth-order valence-electron chi connectivity index (χ4n) is 2.60. The van der Waals surface area contributed by atoms with E-state index in [1.165, 1.54) is 23.3 Å². The predicted molar refractivity (Wildman–Crippen MR) is 89.0 cm³/mol. The summed E-state index contributed by atoms with van der Waals surface area (Å²) in [5, 5.41) is 6.41. The molecule has 7 N–H and O–H groups in total. The van der Waals surface area contributed by atoms with Crippen LogP contribution >= 0.6 is 16.1 Å². The van der Waals surface area contributed by atoms with E-state index >= 15 is 0 Å². The number of Topliss-reactive ketones (excluding diaryl/α,β-unsaturated/α-hetero) is 1. The summed E-state index contributed by atoms with van der Waals surface area (Å²) in [5.74, 6) is -0.474. The summed E-state index contributed by atoms with van der Waals surface area (Å²) in [6.45, 7) is -0.678. The topological polar surface area (TPSA) is 181 Å². The first-order valence-electron chi connectivity index (χ1n) is 7.51. The van der Waals surface area contributed by atoms with Crippen LogP contribution in [0.15, 0.2) is 18.7 Å². The summed E-state index contributed by atoms with van der Waals surface area (Å²) in [7, 11) is -8.18. The molecule has 1 fully saturated rings. The SMILES string of the molecule is NCC(=O)C[C@@]1([P@@](O)C(O)(Cn2ccnc2)[PH](O)(O)O)CCCOO1. The molecule has 0 spiro atoms. The van der Waals surface area contributed by atoms with Crippen LogP contribution in [0.3, 0.4) is 0 Å². The van der Waals surface area contributed by atoms with E-state index in [4.69, 9.17) is 15.5 Å². The fraction of sp³-hybridized carbons (Fsp3) is 0.667. The van der Waals surface area contributed by atoms with E-state index < -0.39 is 45.3 Å². The monoisotopic (exact) mass is 399 g/mol. The summed E-state index contributed by atoms with van der Waals surface area (Å²) < 4.78 is 1.26. The van der Waals surface area contributed by atoms with Gasteiger partial charge in [-0.25, -0.2) is 0 Å². The van der Waals surface area contributed by atoms with E-state index in [0.717, 1.165) is 0 Å². The van der Waals surface area contributed by atoms with E-state index in [-0.39, 0.29) is 19.6 Å². The molecule has 0 aliphatic carbocycles. The molecule has 2 heterocycles. The number of ketones is 1. The molecule has 3 atom stereocenters. The van der Waals surface area contributed by atoms with E-state index in [1.54, 1.807) is 0 Å². The van der Waals surface area contributed by atoms with Crippen molar-refractivity contribution in [3.05, 3.63) is 18.7 Å². The van der Waals surface area contributed by atoms with E-state index in [2.05, 4.69) is 4.98 Å². The van der Waals surface area contributed by atoms with Gasteiger partial charge in [0.1, 0.15) is 0 Å². The Morgan fingerprint density at radius 1 is 1.48 bits per heavy atom. The number of carbonyl (C=O) groups excluding carboxylic acids is 1. The molecule has 0 saturated carbocycles. The summed E-state index contributed by atoms with van der Waals surface area (Å²) in [6, 6.07) is 0. The second-order valence-corrected chi connectivity index (χ2v) is 10.6. The number of hydrogen-bond donors (Lipinski definition) is 6. The van der Waals surface area contributed by atoms with Crippen molar-refractivity contribution in [3.8, 4) is 0 Å². The van der Waals surface area contributed by atoms with Crippen molar-refractivity contribution in [3.63, 3.8) is 0 Å². The zero-order valence-corrected chi connectivity index (χ0v) is 15.2. The van der Waals surface area contributed by atoms with Crippen LogP contribution in [-0.4, -0.2) is 63.6 Å². The van der Waals surface area contributed by atoms with Gasteiger partial charge in [-0.1, -0.05) is 0 Å². The van der Waals surface area contributed by atoms with Gasteiger partial charge in [-0.05, 0) is 0 Å². The van der Waals surface area contributed by atoms with Crippen LogP contribution in [0.2, 0.25) is 0 Å². The number of imidazole rings is 1. The molecule has 25 heavy (non-hydrogen) atoms. The second-order valence-electron chi connectivity index (χ2n) is 5.87. The van der Waals surface area contributed by atoms with Gasteiger partial charge in [0.05, 0.1) is 0 Å². The van der Waals surface area contributed by atoms with Gasteiger partial charge in [-0.3, -0.25) is 0 Å². The average molecular weight is 399 g/mol. The minimum absolute atomic E-state index is 0.109. The molecule has 11 nitrogen and oxygen atoms in total. The first kappa shape index (κ1) is 20.7. The molecule has 0 radical (unpaired) electrons. The number of aliphatic hydroxyl groups is 1. The van der Waals surface area contributed by atoms with Crippen molar-refractivity contribution in [1.29, 1.82) is 0 Å². The number of nitrogens with zero attached hydrogens (tertiary/aromatic N) is 2. The molecule has 1 aliphatic rings. The van der Waals surface area contributed by atoms with Crippen molar-refractivity contribution in [1.82, 2.24) is 9.55 Å². The molecule has 13 heteroatoms. The molecule has 1 aromatic rings. The number of hydrogen-bond acceptors (Lipinski definition) is 10. The van der Waals surface area contributed by atoms with Gasteiger partial charge in [0, 0.05) is 0 Å². The van der Waals surface area contributed by atoms with Crippen molar-refractivity contribution in [2.45, 2.75) is 36.2 Å². The third-order valence-corrected chi connectivity index (χ3v) is 8.78. The van der Waals surface area contributed by atoms with Gasteiger partial charge >= 0.3 is 145 Å². The molecule has 0 amide bonds. The Kier molecular flexibility index (Phi) is 6.61. The molecule has 144 valence electrons. The molecule has 1 unspecified atom stereocenters. The van der Waals surface area contributed by atoms with Gasteiger partial charge in [-0.15, -0.1) is 0 Å². The van der Waals surface area contributed by atoms with Gasteiger partial charge in [0.25, 0.3) is 0 Å². The molecular formula is C12H23N3O8P2. The van der Waals surface area contributed by atoms with Crippen molar-refractivity contribution in [2.24, 2.45) is 5.73 Å². The minimum atomic E-state index is -5.31. The third-order valence-electron chi connectivity index (χ3n) is 3.95. The van der Waals surface area contributed by atoms with E-state index in [1.807, 2.05) is 0 Å². The Hall–Kier alpha value is -0.580. The molecule has 1 aromatic heterocycles. The quantitative estimate of drug-likeness (QED) is 0.228. The molecule has 2 rings (SSSR count). The second kappa shape index (κ2) is 7.98. The summed E-state index contributed by atoms with van der Waals surface area (Å²) >= 11 is 0. The molecule has 1 aliphatic heterocycles. The van der Waals surface area contributed by atoms with Crippen molar-refractivity contribution < 1.29 is 39.2 Å². The van der Waals surface area contributed by atoms with Crippen LogP contribution in [0.1, 0.15) is 19.3 Å². The molecule has 0 aromatic carbocycles. The zero-order valence-electron chi connectivity index (χ0n) is 13.4. The van der Waals surface area contributed by atoms with Crippen LogP contribution in [0.4, 0.5) is 0 Å². The van der Waals surface area contributed by atoms with Crippen LogP contribution in [0.5, 0.6) is 0 Å². The number of rotatable bonds is 8. The number of carbonyl (C=O) groups is 1. The van der Waals surface area contributed by atoms with Gasteiger partial charge < -0.3 is 0 Å². The average Bonchev–Trinajstić information content (AvgIpc) is 3.06. The Morgan fingerprint density at radius 3 is 2.68 bits per heavy atom. The maximum absolute atomic E-state index is 11.8. The zero-order chi connectivity index (χ0) is 18.7. The predicted octanol–water partition coefficient (Wildman–Crippen LogP) is -1.25. The van der Waals surface area contributed by atoms with Crippen LogP contribution in [-0.2, 0) is 21.1 Å². The molecular weight excluding hydrogens is 376 g/mol. The number of aromatic nitrogens is 2. The maximum atomic E-state index is 11.8. The third kappa shape index (κ3) is 4.40. The van der Waals surface area contributed by atoms with Gasteiger partial charge in [0.15, 0.2) is 0 Å². The normalized spacial score (nSPS) is 26.0.